The highest BCUT2D eigenvalue weighted by Crippen LogP contribution is 2.26. The lowest BCUT2D eigenvalue weighted by molar-refractivity contribution is 0.654. The van der Waals surface area contributed by atoms with Gasteiger partial charge in [0.15, 0.2) is 0 Å². The molecule has 16 heavy (non-hydrogen) atoms. The maximum atomic E-state index is 4.37. The largest absolute Gasteiger partial charge is 0.312 e. The fourth-order valence-electron chi connectivity index (χ4n) is 2.08. The van der Waals surface area contributed by atoms with Crippen molar-refractivity contribution in [3.63, 3.8) is 0 Å². The van der Waals surface area contributed by atoms with E-state index in [4.69, 9.17) is 0 Å². The average Bonchev–Trinajstić information content (AvgIpc) is 2.72. The maximum absolute atomic E-state index is 4.37. The van der Waals surface area contributed by atoms with E-state index < -0.39 is 0 Å². The molecule has 0 radical (unpaired) electrons. The molecule has 2 aromatic rings. The van der Waals surface area contributed by atoms with Crippen molar-refractivity contribution in [1.29, 1.82) is 0 Å². The summed E-state index contributed by atoms with van der Waals surface area (Å²) < 4.78 is 0. The van der Waals surface area contributed by atoms with E-state index in [1.165, 1.54) is 21.7 Å². The number of aromatic nitrogens is 1. The van der Waals surface area contributed by atoms with Crippen LogP contribution >= 0.6 is 11.3 Å². The molecule has 0 aliphatic carbocycles. The summed E-state index contributed by atoms with van der Waals surface area (Å²) in [6.07, 6.45) is 4.01. The van der Waals surface area contributed by atoms with Crippen molar-refractivity contribution in [3.05, 3.63) is 51.5 Å². The van der Waals surface area contributed by atoms with Crippen molar-refractivity contribution >= 4 is 11.3 Å². The van der Waals surface area contributed by atoms with Crippen LogP contribution in [0.15, 0.2) is 30.5 Å². The van der Waals surface area contributed by atoms with Crippen molar-refractivity contribution in [2.45, 2.75) is 19.4 Å². The highest BCUT2D eigenvalue weighted by Gasteiger charge is 2.12. The molecule has 2 nitrogen and oxygen atoms in total. The lowest BCUT2D eigenvalue weighted by Gasteiger charge is -2.10. The van der Waals surface area contributed by atoms with Crippen LogP contribution < -0.4 is 5.32 Å². The molecule has 82 valence electrons. The second kappa shape index (κ2) is 4.36. The van der Waals surface area contributed by atoms with Crippen LogP contribution in [-0.2, 0) is 19.4 Å². The fraction of sp³-hybridized carbons (Fsp3) is 0.308. The minimum Gasteiger partial charge on any atom is -0.312 e. The van der Waals surface area contributed by atoms with Crippen molar-refractivity contribution < 1.29 is 0 Å². The van der Waals surface area contributed by atoms with E-state index in [9.17, 15) is 0 Å². The monoisotopic (exact) mass is 230 g/mol. The van der Waals surface area contributed by atoms with E-state index in [1.807, 2.05) is 23.6 Å². The van der Waals surface area contributed by atoms with Gasteiger partial charge in [-0.1, -0.05) is 6.07 Å². The molecule has 1 N–H and O–H groups in total. The Labute approximate surface area is 99.4 Å². The highest BCUT2D eigenvalue weighted by atomic mass is 32.1. The minimum absolute atomic E-state index is 0.971. The Bertz CT molecular complexity index is 452. The molecule has 1 aliphatic rings. The van der Waals surface area contributed by atoms with Gasteiger partial charge in [0.05, 0.1) is 0 Å². The predicted octanol–water partition coefficient (Wildman–Crippen LogP) is 2.38. The van der Waals surface area contributed by atoms with Gasteiger partial charge in [-0.3, -0.25) is 4.98 Å². The van der Waals surface area contributed by atoms with Crippen molar-refractivity contribution in [2.24, 2.45) is 0 Å². The van der Waals surface area contributed by atoms with Gasteiger partial charge in [-0.25, -0.2) is 0 Å². The first-order chi connectivity index (χ1) is 7.92. The molecule has 3 heterocycles. The van der Waals surface area contributed by atoms with E-state index in [1.54, 1.807) is 0 Å². The Morgan fingerprint density at radius 2 is 2.38 bits per heavy atom. The number of hydrogen-bond donors (Lipinski definition) is 1. The first kappa shape index (κ1) is 10.00. The van der Waals surface area contributed by atoms with Gasteiger partial charge in [0, 0.05) is 34.6 Å². The molecule has 0 fully saturated rings. The second-order valence-corrected chi connectivity index (χ2v) is 5.31. The third-order valence-electron chi connectivity index (χ3n) is 2.89. The number of thiophene rings is 1. The smallest absolute Gasteiger partial charge is 0.0455 e. The molecule has 0 bridgehead atoms. The van der Waals surface area contributed by atoms with Crippen LogP contribution in [0.2, 0.25) is 0 Å². The maximum Gasteiger partial charge on any atom is 0.0455 e. The highest BCUT2D eigenvalue weighted by molar-refractivity contribution is 7.12. The number of rotatable bonds is 2. The molecule has 1 aliphatic heterocycles. The summed E-state index contributed by atoms with van der Waals surface area (Å²) in [4.78, 5) is 7.32. The average molecular weight is 230 g/mol. The Morgan fingerprint density at radius 1 is 1.38 bits per heavy atom. The Hall–Kier alpha value is -1.19. The third kappa shape index (κ3) is 2.01. The SMILES string of the molecule is c1ccc(Cc2cc3c(s2)CNCC3)nc1. The van der Waals surface area contributed by atoms with Gasteiger partial charge in [0.1, 0.15) is 0 Å². The molecule has 0 unspecified atom stereocenters. The first-order valence-corrected chi connectivity index (χ1v) is 6.44. The Kier molecular flexibility index (Phi) is 2.72. The van der Waals surface area contributed by atoms with Gasteiger partial charge < -0.3 is 5.32 Å². The van der Waals surface area contributed by atoms with Crippen LogP contribution in [0.3, 0.4) is 0 Å². The van der Waals surface area contributed by atoms with E-state index >= 15 is 0 Å². The summed E-state index contributed by atoms with van der Waals surface area (Å²) in [7, 11) is 0. The second-order valence-electron chi connectivity index (χ2n) is 4.09. The van der Waals surface area contributed by atoms with Gasteiger partial charge >= 0.3 is 0 Å². The van der Waals surface area contributed by atoms with Gasteiger partial charge in [-0.05, 0) is 36.7 Å². The van der Waals surface area contributed by atoms with Gasteiger partial charge in [0.2, 0.25) is 0 Å². The third-order valence-corrected chi connectivity index (χ3v) is 4.06. The lowest BCUT2D eigenvalue weighted by Crippen LogP contribution is -2.21. The summed E-state index contributed by atoms with van der Waals surface area (Å²) in [6.45, 7) is 2.16. The van der Waals surface area contributed by atoms with Gasteiger partial charge in [-0.2, -0.15) is 0 Å². The summed E-state index contributed by atoms with van der Waals surface area (Å²) >= 11 is 1.93. The number of fused-ring (bicyclic) bond motifs is 1. The van der Waals surface area contributed by atoms with E-state index in [0.717, 1.165) is 25.2 Å². The summed E-state index contributed by atoms with van der Waals surface area (Å²) in [6, 6.07) is 8.47. The predicted molar refractivity (Wildman–Crippen MR) is 66.8 cm³/mol. The number of nitrogens with one attached hydrogen (secondary N) is 1. The van der Waals surface area contributed by atoms with Crippen LogP contribution in [-0.4, -0.2) is 11.5 Å². The molecule has 0 aromatic carbocycles. The lowest BCUT2D eigenvalue weighted by atomic mass is 10.1. The normalized spacial score (nSPS) is 14.8. The van der Waals surface area contributed by atoms with Crippen LogP contribution in [0.25, 0.3) is 0 Å². The molecule has 0 atom stereocenters. The number of pyridine rings is 1. The molecule has 0 saturated carbocycles. The quantitative estimate of drug-likeness (QED) is 0.857. The zero-order valence-electron chi connectivity index (χ0n) is 9.07. The van der Waals surface area contributed by atoms with Crippen molar-refractivity contribution in [3.8, 4) is 0 Å². The molecule has 0 saturated heterocycles. The topological polar surface area (TPSA) is 24.9 Å². The first-order valence-electron chi connectivity index (χ1n) is 5.63. The minimum atomic E-state index is 0.971. The zero-order valence-corrected chi connectivity index (χ0v) is 9.89. The van der Waals surface area contributed by atoms with E-state index in [0.29, 0.717) is 0 Å². The molecule has 3 heteroatoms. The van der Waals surface area contributed by atoms with Gasteiger partial charge in [0.25, 0.3) is 0 Å². The van der Waals surface area contributed by atoms with Crippen LogP contribution in [0.4, 0.5) is 0 Å². The van der Waals surface area contributed by atoms with Crippen LogP contribution in [0.1, 0.15) is 21.0 Å². The van der Waals surface area contributed by atoms with Crippen LogP contribution in [0.5, 0.6) is 0 Å². The molecule has 0 amide bonds. The Balaban J connectivity index is 1.83. The number of nitrogens with zero attached hydrogens (tertiary/aromatic N) is 1. The van der Waals surface area contributed by atoms with Crippen LogP contribution in [0, 0.1) is 0 Å². The summed E-state index contributed by atoms with van der Waals surface area (Å²) in [5, 5.41) is 3.41. The standard InChI is InChI=1S/C13H14N2S/c1-2-5-15-11(3-1)8-12-7-10-4-6-14-9-13(10)16-12/h1-3,5,7,14H,4,6,8-9H2. The Morgan fingerprint density at radius 3 is 3.19 bits per heavy atom. The zero-order chi connectivity index (χ0) is 10.8. The van der Waals surface area contributed by atoms with Crippen molar-refractivity contribution in [2.75, 3.05) is 6.54 Å². The summed E-state index contributed by atoms with van der Waals surface area (Å²) in [5.74, 6) is 0. The molecular formula is C13H14N2S. The summed E-state index contributed by atoms with van der Waals surface area (Å²) in [5.41, 5.74) is 2.70. The number of hydrogen-bond acceptors (Lipinski definition) is 3. The fourth-order valence-corrected chi connectivity index (χ4v) is 3.29. The molecule has 0 spiro atoms. The molecule has 2 aromatic heterocycles. The van der Waals surface area contributed by atoms with Crippen molar-refractivity contribution in [1.82, 2.24) is 10.3 Å². The van der Waals surface area contributed by atoms with Gasteiger partial charge in [-0.15, -0.1) is 11.3 Å². The molecule has 3 rings (SSSR count). The van der Waals surface area contributed by atoms with E-state index in [-0.39, 0.29) is 0 Å². The molecular weight excluding hydrogens is 216 g/mol. The van der Waals surface area contributed by atoms with E-state index in [2.05, 4.69) is 28.5 Å².